The van der Waals surface area contributed by atoms with Crippen molar-refractivity contribution in [3.05, 3.63) is 48.5 Å². The lowest BCUT2D eigenvalue weighted by atomic mass is 10.1. The van der Waals surface area contributed by atoms with Crippen LogP contribution in [0, 0.1) is 0 Å². The molecule has 1 aliphatic rings. The predicted molar refractivity (Wildman–Crippen MR) is 76.9 cm³/mol. The molecule has 1 amide bonds. The standard InChI is InChI=1S/C15H18N4O/c1-12-10-16-7-9-19(12)15(20)13-2-4-14(5-3-13)18-8-6-17-11-18/h2-6,8,11-12,16H,7,9-10H2,1H3. The van der Waals surface area contributed by atoms with Crippen molar-refractivity contribution in [1.82, 2.24) is 19.8 Å². The second kappa shape index (κ2) is 5.46. The third kappa shape index (κ3) is 2.44. The number of hydrogen-bond acceptors (Lipinski definition) is 3. The van der Waals surface area contributed by atoms with E-state index < -0.39 is 0 Å². The second-order valence-electron chi connectivity index (χ2n) is 5.07. The third-order valence-electron chi connectivity index (χ3n) is 3.68. The summed E-state index contributed by atoms with van der Waals surface area (Å²) >= 11 is 0. The molecule has 1 aromatic heterocycles. The van der Waals surface area contributed by atoms with E-state index in [2.05, 4.69) is 17.2 Å². The van der Waals surface area contributed by atoms with E-state index >= 15 is 0 Å². The topological polar surface area (TPSA) is 50.2 Å². The van der Waals surface area contributed by atoms with Crippen LogP contribution in [0.15, 0.2) is 43.0 Å². The molecule has 0 saturated carbocycles. The van der Waals surface area contributed by atoms with Gasteiger partial charge in [0.05, 0.1) is 6.33 Å². The van der Waals surface area contributed by atoms with Gasteiger partial charge in [-0.25, -0.2) is 4.98 Å². The van der Waals surface area contributed by atoms with Crippen molar-refractivity contribution >= 4 is 5.91 Å². The zero-order chi connectivity index (χ0) is 13.9. The van der Waals surface area contributed by atoms with E-state index in [0.29, 0.717) is 0 Å². The van der Waals surface area contributed by atoms with E-state index in [0.717, 1.165) is 30.9 Å². The van der Waals surface area contributed by atoms with Gasteiger partial charge >= 0.3 is 0 Å². The van der Waals surface area contributed by atoms with Gasteiger partial charge in [-0.3, -0.25) is 4.79 Å². The van der Waals surface area contributed by atoms with Crippen LogP contribution in [0.1, 0.15) is 17.3 Å². The highest BCUT2D eigenvalue weighted by Crippen LogP contribution is 2.13. The number of rotatable bonds is 2. The van der Waals surface area contributed by atoms with Crippen LogP contribution in [0.25, 0.3) is 5.69 Å². The van der Waals surface area contributed by atoms with Crippen molar-refractivity contribution in [3.8, 4) is 5.69 Å². The quantitative estimate of drug-likeness (QED) is 0.895. The lowest BCUT2D eigenvalue weighted by Crippen LogP contribution is -2.52. The lowest BCUT2D eigenvalue weighted by Gasteiger charge is -2.34. The normalized spacial score (nSPS) is 19.1. The molecule has 0 bridgehead atoms. The van der Waals surface area contributed by atoms with Crippen molar-refractivity contribution in [2.45, 2.75) is 13.0 Å². The molecule has 1 saturated heterocycles. The monoisotopic (exact) mass is 270 g/mol. The molecule has 0 aliphatic carbocycles. The third-order valence-corrected chi connectivity index (χ3v) is 3.68. The van der Waals surface area contributed by atoms with Gasteiger partial charge in [-0.1, -0.05) is 0 Å². The Morgan fingerprint density at radius 1 is 1.35 bits per heavy atom. The maximum absolute atomic E-state index is 12.5. The smallest absolute Gasteiger partial charge is 0.254 e. The van der Waals surface area contributed by atoms with Gasteiger partial charge in [-0.05, 0) is 31.2 Å². The average molecular weight is 270 g/mol. The summed E-state index contributed by atoms with van der Waals surface area (Å²) in [6, 6.07) is 7.90. The van der Waals surface area contributed by atoms with Crippen LogP contribution in [0.4, 0.5) is 0 Å². The molecule has 2 aromatic rings. The summed E-state index contributed by atoms with van der Waals surface area (Å²) in [7, 11) is 0. The summed E-state index contributed by atoms with van der Waals surface area (Å²) < 4.78 is 1.92. The highest BCUT2D eigenvalue weighted by atomic mass is 16.2. The summed E-state index contributed by atoms with van der Waals surface area (Å²) in [4.78, 5) is 18.4. The molecule has 5 heteroatoms. The summed E-state index contributed by atoms with van der Waals surface area (Å²) in [6.07, 6.45) is 5.37. The summed E-state index contributed by atoms with van der Waals surface area (Å²) in [5, 5.41) is 3.29. The van der Waals surface area contributed by atoms with E-state index in [4.69, 9.17) is 0 Å². The van der Waals surface area contributed by atoms with Crippen LogP contribution in [0.2, 0.25) is 0 Å². The molecule has 104 valence electrons. The summed E-state index contributed by atoms with van der Waals surface area (Å²) in [5.74, 6) is 0.108. The van der Waals surface area contributed by atoms with Crippen LogP contribution >= 0.6 is 0 Å². The van der Waals surface area contributed by atoms with Crippen LogP contribution in [-0.2, 0) is 0 Å². The maximum Gasteiger partial charge on any atom is 0.254 e. The van der Waals surface area contributed by atoms with Gasteiger partial charge in [0.1, 0.15) is 0 Å². The largest absolute Gasteiger partial charge is 0.333 e. The molecule has 1 atom stereocenters. The summed E-state index contributed by atoms with van der Waals surface area (Å²) in [6.45, 7) is 4.56. The Hall–Kier alpha value is -2.14. The number of aromatic nitrogens is 2. The fourth-order valence-electron chi connectivity index (χ4n) is 2.50. The molecular formula is C15H18N4O. The Balaban J connectivity index is 1.78. The molecule has 0 spiro atoms. The molecule has 1 aromatic carbocycles. The maximum atomic E-state index is 12.5. The Kier molecular flexibility index (Phi) is 3.52. The van der Waals surface area contributed by atoms with Crippen LogP contribution in [0.5, 0.6) is 0 Å². The fraction of sp³-hybridized carbons (Fsp3) is 0.333. The Labute approximate surface area is 118 Å². The number of carbonyl (C=O) groups is 1. The fourth-order valence-corrected chi connectivity index (χ4v) is 2.50. The van der Waals surface area contributed by atoms with Crippen LogP contribution in [0.3, 0.4) is 0 Å². The number of amides is 1. The van der Waals surface area contributed by atoms with E-state index in [1.165, 1.54) is 0 Å². The SMILES string of the molecule is CC1CNCCN1C(=O)c1ccc(-n2ccnc2)cc1. The first-order valence-corrected chi connectivity index (χ1v) is 6.86. The van der Waals surface area contributed by atoms with Gasteiger partial charge in [-0.2, -0.15) is 0 Å². The molecule has 1 N–H and O–H groups in total. The van der Waals surface area contributed by atoms with E-state index in [-0.39, 0.29) is 11.9 Å². The van der Waals surface area contributed by atoms with E-state index in [1.807, 2.05) is 39.9 Å². The number of nitrogens with one attached hydrogen (secondary N) is 1. The van der Waals surface area contributed by atoms with Gasteiger partial charge in [0.2, 0.25) is 0 Å². The van der Waals surface area contributed by atoms with Crippen molar-refractivity contribution in [2.24, 2.45) is 0 Å². The van der Waals surface area contributed by atoms with Gasteiger partial charge in [0, 0.05) is 49.3 Å². The van der Waals surface area contributed by atoms with E-state index in [9.17, 15) is 4.79 Å². The highest BCUT2D eigenvalue weighted by Gasteiger charge is 2.23. The molecule has 1 unspecified atom stereocenters. The first-order valence-electron chi connectivity index (χ1n) is 6.86. The second-order valence-corrected chi connectivity index (χ2v) is 5.07. The average Bonchev–Trinajstić information content (AvgIpc) is 3.01. The first-order chi connectivity index (χ1) is 9.75. The van der Waals surface area contributed by atoms with Crippen molar-refractivity contribution in [3.63, 3.8) is 0 Å². The number of nitrogens with zero attached hydrogens (tertiary/aromatic N) is 3. The molecular weight excluding hydrogens is 252 g/mol. The van der Waals surface area contributed by atoms with Gasteiger partial charge in [-0.15, -0.1) is 0 Å². The number of hydrogen-bond donors (Lipinski definition) is 1. The lowest BCUT2D eigenvalue weighted by molar-refractivity contribution is 0.0656. The minimum Gasteiger partial charge on any atom is -0.333 e. The van der Waals surface area contributed by atoms with Crippen molar-refractivity contribution < 1.29 is 4.79 Å². The number of imidazole rings is 1. The van der Waals surface area contributed by atoms with E-state index in [1.54, 1.807) is 12.5 Å². The number of benzene rings is 1. The molecule has 20 heavy (non-hydrogen) atoms. The van der Waals surface area contributed by atoms with Crippen molar-refractivity contribution in [2.75, 3.05) is 19.6 Å². The Bertz CT molecular complexity index is 576. The minimum atomic E-state index is 0.108. The molecule has 1 aliphatic heterocycles. The Morgan fingerprint density at radius 2 is 2.15 bits per heavy atom. The zero-order valence-corrected chi connectivity index (χ0v) is 11.5. The van der Waals surface area contributed by atoms with Gasteiger partial charge in [0.25, 0.3) is 5.91 Å². The van der Waals surface area contributed by atoms with Crippen LogP contribution < -0.4 is 5.32 Å². The van der Waals surface area contributed by atoms with Crippen molar-refractivity contribution in [1.29, 1.82) is 0 Å². The molecule has 0 radical (unpaired) electrons. The molecule has 5 nitrogen and oxygen atoms in total. The number of piperazine rings is 1. The van der Waals surface area contributed by atoms with Crippen LogP contribution in [-0.4, -0.2) is 46.0 Å². The molecule has 1 fully saturated rings. The Morgan fingerprint density at radius 3 is 2.80 bits per heavy atom. The first kappa shape index (κ1) is 12.9. The zero-order valence-electron chi connectivity index (χ0n) is 11.5. The number of carbonyl (C=O) groups excluding carboxylic acids is 1. The molecule has 3 rings (SSSR count). The van der Waals surface area contributed by atoms with Gasteiger partial charge in [0.15, 0.2) is 0 Å². The predicted octanol–water partition coefficient (Wildman–Crippen LogP) is 1.31. The highest BCUT2D eigenvalue weighted by molar-refractivity contribution is 5.94. The summed E-state index contributed by atoms with van der Waals surface area (Å²) in [5.41, 5.74) is 1.75. The minimum absolute atomic E-state index is 0.108. The molecule has 2 heterocycles. The van der Waals surface area contributed by atoms with Gasteiger partial charge < -0.3 is 14.8 Å².